The molecule has 1 unspecified atom stereocenters. The van der Waals surface area contributed by atoms with E-state index in [9.17, 15) is 9.90 Å². The van der Waals surface area contributed by atoms with Crippen molar-refractivity contribution in [2.24, 2.45) is 0 Å². The molecule has 0 heterocycles. The molecular weight excluding hydrogens is 215 g/mol. The first kappa shape index (κ1) is 18.8. The van der Waals surface area contributed by atoms with E-state index in [0.717, 1.165) is 19.3 Å². The van der Waals surface area contributed by atoms with Crippen LogP contribution in [0, 0.1) is 0 Å². The van der Waals surface area contributed by atoms with Gasteiger partial charge in [0.1, 0.15) is 6.61 Å². The van der Waals surface area contributed by atoms with Gasteiger partial charge < -0.3 is 9.84 Å². The summed E-state index contributed by atoms with van der Waals surface area (Å²) in [6.45, 7) is 3.70. The van der Waals surface area contributed by atoms with Gasteiger partial charge in [0.05, 0.1) is 6.10 Å². The normalized spacial score (nSPS) is 11.7. The first-order valence-corrected chi connectivity index (χ1v) is 5.98. The van der Waals surface area contributed by atoms with Crippen molar-refractivity contribution < 1.29 is 14.6 Å². The fraction of sp³-hybridized carbons (Fsp3) is 0.917. The van der Waals surface area contributed by atoms with Crippen LogP contribution in [0.15, 0.2) is 0 Å². The van der Waals surface area contributed by atoms with Crippen LogP contribution in [0.5, 0.6) is 0 Å². The molecule has 0 saturated carbocycles. The van der Waals surface area contributed by atoms with E-state index in [2.05, 4.69) is 6.92 Å². The molecule has 92 valence electrons. The van der Waals surface area contributed by atoms with E-state index in [1.54, 1.807) is 0 Å². The minimum absolute atomic E-state index is 0. The van der Waals surface area contributed by atoms with Gasteiger partial charge >= 0.3 is 35.5 Å². The van der Waals surface area contributed by atoms with Crippen LogP contribution in [0.4, 0.5) is 0 Å². The van der Waals surface area contributed by atoms with Gasteiger partial charge in [-0.05, 0) is 6.42 Å². The zero-order valence-electron chi connectivity index (χ0n) is 10.00. The number of hydrogen-bond donors (Lipinski definition) is 1. The number of carbonyl (C=O) groups is 1. The van der Waals surface area contributed by atoms with Crippen LogP contribution >= 0.6 is 0 Å². The number of aliphatic hydroxyl groups is 1. The van der Waals surface area contributed by atoms with Crippen molar-refractivity contribution in [2.45, 2.75) is 64.9 Å². The van der Waals surface area contributed by atoms with Gasteiger partial charge in [0, 0.05) is 6.92 Å². The minimum atomic E-state index is -0.486. The van der Waals surface area contributed by atoms with Crippen LogP contribution in [0.1, 0.15) is 58.8 Å². The molecule has 0 aromatic carbocycles. The SMILES string of the molecule is CCCCCCCCC(O)COC(C)=O.[NaH]. The molecule has 0 radical (unpaired) electrons. The van der Waals surface area contributed by atoms with Gasteiger partial charge in [-0.15, -0.1) is 0 Å². The third-order valence-corrected chi connectivity index (χ3v) is 2.37. The average Bonchev–Trinajstić information content (AvgIpc) is 2.20. The zero-order chi connectivity index (χ0) is 11.5. The predicted octanol–water partition coefficient (Wildman–Crippen LogP) is 2.01. The Morgan fingerprint density at radius 1 is 1.19 bits per heavy atom. The maximum atomic E-state index is 10.5. The third kappa shape index (κ3) is 14.4. The molecule has 0 saturated heterocycles. The molecule has 0 aromatic heterocycles. The second kappa shape index (κ2) is 13.5. The molecule has 0 bridgehead atoms. The Morgan fingerprint density at radius 3 is 2.31 bits per heavy atom. The predicted molar refractivity (Wildman–Crippen MR) is 67.8 cm³/mol. The molecule has 16 heavy (non-hydrogen) atoms. The number of esters is 1. The summed E-state index contributed by atoms with van der Waals surface area (Å²) in [5, 5.41) is 9.42. The number of hydrogen-bond acceptors (Lipinski definition) is 3. The van der Waals surface area contributed by atoms with E-state index >= 15 is 0 Å². The summed E-state index contributed by atoms with van der Waals surface area (Å²) >= 11 is 0. The summed E-state index contributed by atoms with van der Waals surface area (Å²) in [4.78, 5) is 10.5. The molecule has 0 amide bonds. The molecule has 0 rings (SSSR count). The molecular formula is C12H25NaO3. The summed E-state index contributed by atoms with van der Waals surface area (Å²) < 4.78 is 4.71. The zero-order valence-corrected chi connectivity index (χ0v) is 10.00. The van der Waals surface area contributed by atoms with Gasteiger partial charge in [0.15, 0.2) is 0 Å². The molecule has 0 fully saturated rings. The molecule has 4 heteroatoms. The van der Waals surface area contributed by atoms with Crippen molar-refractivity contribution >= 4 is 35.5 Å². The van der Waals surface area contributed by atoms with Gasteiger partial charge in [0.25, 0.3) is 0 Å². The summed E-state index contributed by atoms with van der Waals surface area (Å²) in [5.74, 6) is -0.322. The van der Waals surface area contributed by atoms with Gasteiger partial charge in [-0.3, -0.25) is 4.79 Å². The maximum absolute atomic E-state index is 10.5. The van der Waals surface area contributed by atoms with Crippen molar-refractivity contribution in [3.05, 3.63) is 0 Å². The Kier molecular flexibility index (Phi) is 15.8. The van der Waals surface area contributed by atoms with Gasteiger partial charge in [-0.1, -0.05) is 45.4 Å². The van der Waals surface area contributed by atoms with Crippen LogP contribution in [0.2, 0.25) is 0 Å². The van der Waals surface area contributed by atoms with E-state index in [0.29, 0.717) is 0 Å². The molecule has 3 nitrogen and oxygen atoms in total. The topological polar surface area (TPSA) is 46.5 Å². The first-order chi connectivity index (χ1) is 7.16. The molecule has 0 aliphatic carbocycles. The van der Waals surface area contributed by atoms with E-state index in [-0.39, 0.29) is 42.1 Å². The second-order valence-corrected chi connectivity index (χ2v) is 4.01. The average molecular weight is 240 g/mol. The van der Waals surface area contributed by atoms with E-state index in [1.807, 2.05) is 0 Å². The quantitative estimate of drug-likeness (QED) is 0.381. The van der Waals surface area contributed by atoms with Crippen molar-refractivity contribution in [1.29, 1.82) is 0 Å². The summed E-state index contributed by atoms with van der Waals surface area (Å²) in [6, 6.07) is 0. The van der Waals surface area contributed by atoms with Crippen LogP contribution in [-0.4, -0.2) is 53.3 Å². The molecule has 0 aliphatic rings. The van der Waals surface area contributed by atoms with Crippen LogP contribution in [-0.2, 0) is 9.53 Å². The van der Waals surface area contributed by atoms with Crippen LogP contribution in [0.25, 0.3) is 0 Å². The molecule has 0 aliphatic heterocycles. The van der Waals surface area contributed by atoms with Crippen LogP contribution < -0.4 is 0 Å². The first-order valence-electron chi connectivity index (χ1n) is 5.98. The van der Waals surface area contributed by atoms with Crippen molar-refractivity contribution in [2.75, 3.05) is 6.61 Å². The van der Waals surface area contributed by atoms with Gasteiger partial charge in [0.2, 0.25) is 0 Å². The van der Waals surface area contributed by atoms with Gasteiger partial charge in [-0.2, -0.15) is 0 Å². The fourth-order valence-corrected chi connectivity index (χ4v) is 1.46. The third-order valence-electron chi connectivity index (χ3n) is 2.37. The fourth-order valence-electron chi connectivity index (χ4n) is 1.46. The van der Waals surface area contributed by atoms with E-state index in [4.69, 9.17) is 4.74 Å². The monoisotopic (exact) mass is 240 g/mol. The second-order valence-electron chi connectivity index (χ2n) is 4.01. The van der Waals surface area contributed by atoms with Gasteiger partial charge in [-0.25, -0.2) is 0 Å². The van der Waals surface area contributed by atoms with E-state index in [1.165, 1.54) is 32.6 Å². The Labute approximate surface area is 121 Å². The standard InChI is InChI=1S/C12H24O3.Na.H/c1-3-4-5-6-7-8-9-12(14)10-15-11(2)13;;/h12,14H,3-10H2,1-2H3;;. The number of rotatable bonds is 9. The Hall–Kier alpha value is 0.430. The number of unbranched alkanes of at least 4 members (excludes halogenated alkanes) is 5. The molecule has 0 aromatic rings. The summed E-state index contributed by atoms with van der Waals surface area (Å²) in [7, 11) is 0. The molecule has 1 N–H and O–H groups in total. The Morgan fingerprint density at radius 2 is 1.75 bits per heavy atom. The van der Waals surface area contributed by atoms with E-state index < -0.39 is 6.10 Å². The molecule has 1 atom stereocenters. The molecule has 0 spiro atoms. The number of ether oxygens (including phenoxy) is 1. The van der Waals surface area contributed by atoms with Crippen molar-refractivity contribution in [3.8, 4) is 0 Å². The number of carbonyl (C=O) groups excluding carboxylic acids is 1. The summed E-state index contributed by atoms with van der Waals surface area (Å²) in [5.41, 5.74) is 0. The van der Waals surface area contributed by atoms with Crippen LogP contribution in [0.3, 0.4) is 0 Å². The van der Waals surface area contributed by atoms with Crippen molar-refractivity contribution in [1.82, 2.24) is 0 Å². The Bertz CT molecular complexity index is 162. The number of aliphatic hydroxyl groups excluding tert-OH is 1. The Balaban J connectivity index is 0. The van der Waals surface area contributed by atoms with Crippen molar-refractivity contribution in [3.63, 3.8) is 0 Å². The summed E-state index contributed by atoms with van der Waals surface area (Å²) in [6.07, 6.45) is 7.53.